The van der Waals surface area contributed by atoms with Crippen molar-refractivity contribution in [3.8, 4) is 22.8 Å². The van der Waals surface area contributed by atoms with E-state index in [9.17, 15) is 9.59 Å². The fourth-order valence-corrected chi connectivity index (χ4v) is 2.66. The fourth-order valence-electron chi connectivity index (χ4n) is 2.40. The van der Waals surface area contributed by atoms with E-state index < -0.39 is 0 Å². The van der Waals surface area contributed by atoms with Crippen molar-refractivity contribution in [3.05, 3.63) is 57.4 Å². The van der Waals surface area contributed by atoms with Crippen LogP contribution in [-0.2, 0) is 11.3 Å². The lowest BCUT2D eigenvalue weighted by Crippen LogP contribution is -2.36. The Morgan fingerprint density at radius 3 is 2.69 bits per heavy atom. The van der Waals surface area contributed by atoms with Gasteiger partial charge in [0, 0.05) is 22.3 Å². The predicted molar refractivity (Wildman–Crippen MR) is 100 cm³/mol. The molecule has 2 heterocycles. The number of aromatic nitrogens is 3. The smallest absolute Gasteiger partial charge is 0.263 e. The molecule has 0 fully saturated rings. The van der Waals surface area contributed by atoms with Gasteiger partial charge in [-0.1, -0.05) is 21.1 Å². The number of amides is 1. The third kappa shape index (κ3) is 4.08. The number of nitrogens with zero attached hydrogens (tertiary/aromatic N) is 3. The minimum absolute atomic E-state index is 0.00536. The third-order valence-electron chi connectivity index (χ3n) is 3.54. The van der Waals surface area contributed by atoms with Crippen molar-refractivity contribution >= 4 is 21.8 Å². The molecular weight excluding hydrogens is 400 g/mol. The van der Waals surface area contributed by atoms with Crippen LogP contribution in [0, 0.1) is 0 Å². The molecule has 8 heteroatoms. The van der Waals surface area contributed by atoms with Crippen molar-refractivity contribution in [1.82, 2.24) is 20.0 Å². The van der Waals surface area contributed by atoms with Gasteiger partial charge in [0.15, 0.2) is 0 Å². The van der Waals surface area contributed by atoms with E-state index in [4.69, 9.17) is 4.52 Å². The molecule has 0 unspecified atom stereocenters. The molecule has 0 aliphatic rings. The molecule has 0 radical (unpaired) electrons. The first kappa shape index (κ1) is 18.1. The Balaban J connectivity index is 1.88. The third-order valence-corrected chi connectivity index (χ3v) is 4.07. The van der Waals surface area contributed by atoms with Gasteiger partial charge in [0.2, 0.25) is 11.7 Å². The van der Waals surface area contributed by atoms with Crippen LogP contribution in [-0.4, -0.2) is 26.7 Å². The molecule has 0 aliphatic carbocycles. The number of hydrogen-bond donors (Lipinski definition) is 1. The van der Waals surface area contributed by atoms with Crippen LogP contribution in [0.2, 0.25) is 0 Å². The minimum Gasteiger partial charge on any atom is -0.352 e. The lowest BCUT2D eigenvalue weighted by atomic mass is 10.2. The molecule has 0 bridgehead atoms. The van der Waals surface area contributed by atoms with Gasteiger partial charge in [0.05, 0.1) is 0 Å². The summed E-state index contributed by atoms with van der Waals surface area (Å²) in [5, 5.41) is 6.69. The molecule has 3 rings (SSSR count). The first-order valence-corrected chi connectivity index (χ1v) is 8.82. The average Bonchev–Trinajstić information content (AvgIpc) is 3.06. The zero-order valence-electron chi connectivity index (χ0n) is 14.3. The van der Waals surface area contributed by atoms with E-state index >= 15 is 0 Å². The molecule has 3 aromatic rings. The summed E-state index contributed by atoms with van der Waals surface area (Å²) in [4.78, 5) is 28.8. The molecule has 0 spiro atoms. The van der Waals surface area contributed by atoms with E-state index in [2.05, 4.69) is 31.4 Å². The summed E-state index contributed by atoms with van der Waals surface area (Å²) in [6.45, 7) is 3.65. The highest BCUT2D eigenvalue weighted by Gasteiger charge is 2.16. The second kappa shape index (κ2) is 7.65. The first-order valence-electron chi connectivity index (χ1n) is 8.03. The Bertz CT molecular complexity index is 977. The Kier molecular flexibility index (Phi) is 5.32. The van der Waals surface area contributed by atoms with Crippen LogP contribution in [0.4, 0.5) is 0 Å². The number of nitrogens with one attached hydrogen (secondary N) is 1. The Hall–Kier alpha value is -2.74. The molecule has 2 aromatic heterocycles. The minimum atomic E-state index is -0.364. The van der Waals surface area contributed by atoms with E-state index in [-0.39, 0.29) is 35.5 Å². The van der Waals surface area contributed by atoms with Crippen molar-refractivity contribution in [3.63, 3.8) is 0 Å². The number of benzene rings is 1. The number of halogens is 1. The predicted octanol–water partition coefficient (Wildman–Crippen LogP) is 2.85. The average molecular weight is 417 g/mol. The Morgan fingerprint density at radius 2 is 2.00 bits per heavy atom. The summed E-state index contributed by atoms with van der Waals surface area (Å²) in [6, 6.07) is 10.7. The molecule has 26 heavy (non-hydrogen) atoms. The highest BCUT2D eigenvalue weighted by Crippen LogP contribution is 2.21. The van der Waals surface area contributed by atoms with Crippen molar-refractivity contribution in [2.75, 3.05) is 0 Å². The molecule has 1 N–H and O–H groups in total. The fraction of sp³-hybridized carbons (Fsp3) is 0.222. The van der Waals surface area contributed by atoms with Gasteiger partial charge >= 0.3 is 0 Å². The lowest BCUT2D eigenvalue weighted by Gasteiger charge is -2.10. The van der Waals surface area contributed by atoms with E-state index in [0.29, 0.717) is 5.82 Å². The van der Waals surface area contributed by atoms with Crippen molar-refractivity contribution in [2.45, 2.75) is 26.4 Å². The maximum Gasteiger partial charge on any atom is 0.263 e. The summed E-state index contributed by atoms with van der Waals surface area (Å²) < 4.78 is 7.51. The maximum atomic E-state index is 12.6. The molecule has 0 atom stereocenters. The molecule has 0 saturated carbocycles. The van der Waals surface area contributed by atoms with Crippen LogP contribution < -0.4 is 10.9 Å². The van der Waals surface area contributed by atoms with Crippen LogP contribution in [0.5, 0.6) is 0 Å². The summed E-state index contributed by atoms with van der Waals surface area (Å²) >= 11 is 3.37. The second-order valence-electron chi connectivity index (χ2n) is 6.01. The van der Waals surface area contributed by atoms with Crippen LogP contribution in [0.3, 0.4) is 0 Å². The Morgan fingerprint density at radius 1 is 1.27 bits per heavy atom. The molecule has 7 nitrogen and oxygen atoms in total. The van der Waals surface area contributed by atoms with E-state index in [1.165, 1.54) is 4.57 Å². The molecule has 1 amide bonds. The number of pyridine rings is 1. The quantitative estimate of drug-likeness (QED) is 0.690. The van der Waals surface area contributed by atoms with Crippen molar-refractivity contribution in [1.29, 1.82) is 0 Å². The number of hydrogen-bond acceptors (Lipinski definition) is 5. The molecule has 134 valence electrons. The maximum absolute atomic E-state index is 12.6. The highest BCUT2D eigenvalue weighted by atomic mass is 79.9. The molecule has 0 aliphatic heterocycles. The molecular formula is C18H17BrN4O3. The zero-order chi connectivity index (χ0) is 18.7. The summed E-state index contributed by atoms with van der Waals surface area (Å²) in [5.41, 5.74) is 0.661. The summed E-state index contributed by atoms with van der Waals surface area (Å²) in [7, 11) is 0. The van der Waals surface area contributed by atoms with Crippen LogP contribution >= 0.6 is 15.9 Å². The normalized spacial score (nSPS) is 10.9. The van der Waals surface area contributed by atoms with Crippen LogP contribution in [0.25, 0.3) is 22.8 Å². The van der Waals surface area contributed by atoms with E-state index in [1.807, 2.05) is 38.1 Å². The van der Waals surface area contributed by atoms with Crippen molar-refractivity contribution in [2.24, 2.45) is 0 Å². The first-order chi connectivity index (χ1) is 12.4. The van der Waals surface area contributed by atoms with Gasteiger partial charge in [-0.15, -0.1) is 0 Å². The zero-order valence-corrected chi connectivity index (χ0v) is 15.9. The van der Waals surface area contributed by atoms with Gasteiger partial charge in [-0.3, -0.25) is 9.59 Å². The van der Waals surface area contributed by atoms with Gasteiger partial charge in [-0.05, 0) is 50.2 Å². The largest absolute Gasteiger partial charge is 0.352 e. The van der Waals surface area contributed by atoms with E-state index in [1.54, 1.807) is 18.3 Å². The molecule has 1 aromatic carbocycles. The van der Waals surface area contributed by atoms with Gasteiger partial charge in [-0.25, -0.2) is 0 Å². The van der Waals surface area contributed by atoms with Crippen LogP contribution in [0.15, 0.2) is 56.4 Å². The van der Waals surface area contributed by atoms with Gasteiger partial charge in [-0.2, -0.15) is 4.98 Å². The topological polar surface area (TPSA) is 90.0 Å². The standard InChI is InChI=1S/C18H17BrN4O3/c1-11(2)20-15(24)10-23-9-3-4-14(18(23)25)17-21-16(22-26-17)12-5-7-13(19)8-6-12/h3-9,11H,10H2,1-2H3,(H,20,24). The van der Waals surface area contributed by atoms with Gasteiger partial charge in [0.1, 0.15) is 12.1 Å². The monoisotopic (exact) mass is 416 g/mol. The highest BCUT2D eigenvalue weighted by molar-refractivity contribution is 9.10. The van der Waals surface area contributed by atoms with Crippen molar-refractivity contribution < 1.29 is 9.32 Å². The van der Waals surface area contributed by atoms with Gasteiger partial charge < -0.3 is 14.4 Å². The summed E-state index contributed by atoms with van der Waals surface area (Å²) in [5.74, 6) is 0.270. The number of carbonyl (C=O) groups is 1. The number of rotatable bonds is 5. The summed E-state index contributed by atoms with van der Waals surface area (Å²) in [6.07, 6.45) is 1.55. The van der Waals surface area contributed by atoms with Gasteiger partial charge in [0.25, 0.3) is 11.4 Å². The SMILES string of the molecule is CC(C)NC(=O)Cn1cccc(-c2nc(-c3ccc(Br)cc3)no2)c1=O. The lowest BCUT2D eigenvalue weighted by molar-refractivity contribution is -0.122. The second-order valence-corrected chi connectivity index (χ2v) is 6.92. The number of carbonyl (C=O) groups excluding carboxylic acids is 1. The van der Waals surface area contributed by atoms with Crippen LogP contribution in [0.1, 0.15) is 13.8 Å². The molecule has 0 saturated heterocycles. The Labute approximate surface area is 158 Å². The van der Waals surface area contributed by atoms with E-state index in [0.717, 1.165) is 10.0 Å².